The Morgan fingerprint density at radius 1 is 1.16 bits per heavy atom. The van der Waals surface area contributed by atoms with Crippen molar-refractivity contribution in [1.82, 2.24) is 19.7 Å². The third-order valence-electron chi connectivity index (χ3n) is 9.53. The first-order chi connectivity index (χ1) is 20.7. The SMILES string of the molecule is CCC1=C(OC(=O)N(CC)CC)N2C(=O)OC(=NCCc3c[nH]c4ccccc34)[C@]2(C)C2C1=CCC1C(=O)N(C)C(=O)C12. The Balaban J connectivity index is 1.45. The average Bonchev–Trinajstić information content (AvgIpc) is 3.60. The monoisotopic (exact) mass is 587 g/mol. The van der Waals surface area contributed by atoms with Gasteiger partial charge in [0.15, 0.2) is 0 Å². The number of benzene rings is 1. The topological polar surface area (TPSA) is 125 Å². The molecule has 226 valence electrons. The minimum Gasteiger partial charge on any atom is -0.393 e. The molecular formula is C32H37N5O6. The Kier molecular flexibility index (Phi) is 7.14. The molecule has 0 radical (unpaired) electrons. The van der Waals surface area contributed by atoms with Crippen molar-refractivity contribution < 1.29 is 28.7 Å². The second-order valence-corrected chi connectivity index (χ2v) is 11.6. The molecule has 2 fully saturated rings. The molecule has 0 bridgehead atoms. The van der Waals surface area contributed by atoms with E-state index in [9.17, 15) is 19.2 Å². The number of fused-ring (bicyclic) bond motifs is 6. The van der Waals surface area contributed by atoms with Crippen LogP contribution in [0.25, 0.3) is 10.9 Å². The fraction of sp³-hybridized carbons (Fsp3) is 0.469. The van der Waals surface area contributed by atoms with Crippen molar-refractivity contribution in [2.75, 3.05) is 26.7 Å². The standard InChI is InChI=1S/C32H37N5O6/c1-6-19-21-13-14-22-24(27(39)35(5)26(22)38)25(21)32(4)29(33-16-15-18-17-34-23-12-10-9-11-20(18)23)43-31(41)37(32)28(19)42-30(40)36(7-2)8-3/h9-13,17,22,24-25,34H,6-8,14-16H2,1-5H3/t22?,24?,25?,32-/m0/s1. The Morgan fingerprint density at radius 2 is 1.91 bits per heavy atom. The summed E-state index contributed by atoms with van der Waals surface area (Å²) in [5, 5.41) is 1.09. The molecule has 2 saturated heterocycles. The Morgan fingerprint density at radius 3 is 2.63 bits per heavy atom. The highest BCUT2D eigenvalue weighted by Crippen LogP contribution is 2.56. The van der Waals surface area contributed by atoms with Gasteiger partial charge in [-0.15, -0.1) is 0 Å². The fourth-order valence-electron chi connectivity index (χ4n) is 7.31. The first kappa shape index (κ1) is 28.7. The summed E-state index contributed by atoms with van der Waals surface area (Å²) in [7, 11) is 1.51. The highest BCUT2D eigenvalue weighted by atomic mass is 16.6. The minimum atomic E-state index is -1.30. The summed E-state index contributed by atoms with van der Waals surface area (Å²) >= 11 is 0. The van der Waals surface area contributed by atoms with Crippen LogP contribution in [0.15, 0.2) is 58.6 Å². The van der Waals surface area contributed by atoms with Gasteiger partial charge in [0.2, 0.25) is 23.6 Å². The van der Waals surface area contributed by atoms with E-state index in [0.717, 1.165) is 22.0 Å². The summed E-state index contributed by atoms with van der Waals surface area (Å²) in [5.74, 6) is -2.15. The maximum Gasteiger partial charge on any atom is 0.424 e. The zero-order valence-corrected chi connectivity index (χ0v) is 25.2. The number of amides is 4. The third kappa shape index (κ3) is 4.19. The van der Waals surface area contributed by atoms with Crippen LogP contribution in [0.2, 0.25) is 0 Å². The highest BCUT2D eigenvalue weighted by molar-refractivity contribution is 6.08. The lowest BCUT2D eigenvalue weighted by atomic mass is 9.61. The van der Waals surface area contributed by atoms with Gasteiger partial charge in [-0.3, -0.25) is 19.5 Å². The van der Waals surface area contributed by atoms with E-state index < -0.39 is 35.5 Å². The second-order valence-electron chi connectivity index (χ2n) is 11.6. The number of rotatable bonds is 7. The van der Waals surface area contributed by atoms with E-state index in [1.54, 1.807) is 6.92 Å². The smallest absolute Gasteiger partial charge is 0.393 e. The molecule has 4 atom stereocenters. The van der Waals surface area contributed by atoms with Crippen LogP contribution in [0, 0.1) is 17.8 Å². The molecule has 6 rings (SSSR count). The molecule has 0 spiro atoms. The van der Waals surface area contributed by atoms with Crippen LogP contribution in [-0.4, -0.2) is 81.8 Å². The van der Waals surface area contributed by atoms with E-state index in [1.165, 1.54) is 21.7 Å². The number of para-hydroxylation sites is 1. The lowest BCUT2D eigenvalue weighted by molar-refractivity contribution is -0.138. The molecule has 11 nitrogen and oxygen atoms in total. The van der Waals surface area contributed by atoms with E-state index in [0.29, 0.717) is 44.5 Å². The number of cyclic esters (lactones) is 1. The Bertz CT molecular complexity index is 1620. The summed E-state index contributed by atoms with van der Waals surface area (Å²) < 4.78 is 11.9. The van der Waals surface area contributed by atoms with Gasteiger partial charge in [-0.05, 0) is 57.2 Å². The summed E-state index contributed by atoms with van der Waals surface area (Å²) in [6.45, 7) is 8.61. The number of aromatic nitrogens is 1. The van der Waals surface area contributed by atoms with Crippen LogP contribution >= 0.6 is 0 Å². The lowest BCUT2D eigenvalue weighted by Crippen LogP contribution is -2.60. The van der Waals surface area contributed by atoms with Crippen LogP contribution in [0.3, 0.4) is 0 Å². The van der Waals surface area contributed by atoms with Crippen molar-refractivity contribution in [2.45, 2.75) is 52.5 Å². The van der Waals surface area contributed by atoms with Crippen molar-refractivity contribution in [3.8, 4) is 0 Å². The molecule has 4 amide bonds. The number of H-pyrrole nitrogens is 1. The maximum absolute atomic E-state index is 13.7. The van der Waals surface area contributed by atoms with Crippen molar-refractivity contribution in [3.05, 3.63) is 59.1 Å². The van der Waals surface area contributed by atoms with Gasteiger partial charge in [-0.2, -0.15) is 0 Å². The minimum absolute atomic E-state index is 0.0970. The van der Waals surface area contributed by atoms with Gasteiger partial charge in [-0.25, -0.2) is 14.5 Å². The lowest BCUT2D eigenvalue weighted by Gasteiger charge is -2.49. The first-order valence-corrected chi connectivity index (χ1v) is 15.0. The van der Waals surface area contributed by atoms with Crippen molar-refractivity contribution in [2.24, 2.45) is 22.7 Å². The summed E-state index contributed by atoms with van der Waals surface area (Å²) in [5.41, 5.74) is 2.24. The van der Waals surface area contributed by atoms with Gasteiger partial charge in [0, 0.05) is 55.3 Å². The predicted molar refractivity (Wildman–Crippen MR) is 159 cm³/mol. The van der Waals surface area contributed by atoms with E-state index in [-0.39, 0.29) is 23.6 Å². The van der Waals surface area contributed by atoms with E-state index in [4.69, 9.17) is 14.5 Å². The number of nitrogens with one attached hydrogen (secondary N) is 1. The number of carbonyl (C=O) groups is 4. The first-order valence-electron chi connectivity index (χ1n) is 15.0. The highest BCUT2D eigenvalue weighted by Gasteiger charge is 2.67. The fourth-order valence-corrected chi connectivity index (χ4v) is 7.31. The van der Waals surface area contributed by atoms with Crippen LogP contribution in [0.4, 0.5) is 9.59 Å². The normalized spacial score (nSPS) is 27.4. The largest absolute Gasteiger partial charge is 0.424 e. The van der Waals surface area contributed by atoms with Crippen LogP contribution < -0.4 is 0 Å². The Hall–Kier alpha value is -4.41. The average molecular weight is 588 g/mol. The molecule has 1 N–H and O–H groups in total. The van der Waals surface area contributed by atoms with E-state index in [2.05, 4.69) is 4.98 Å². The summed E-state index contributed by atoms with van der Waals surface area (Å²) in [6, 6.07) is 8.00. The number of hydrogen-bond acceptors (Lipinski definition) is 7. The molecule has 2 aromatic rings. The number of aromatic amines is 1. The molecule has 1 aromatic heterocycles. The van der Waals surface area contributed by atoms with E-state index >= 15 is 0 Å². The van der Waals surface area contributed by atoms with Crippen molar-refractivity contribution in [3.63, 3.8) is 0 Å². The van der Waals surface area contributed by atoms with Gasteiger partial charge >= 0.3 is 12.2 Å². The molecule has 3 aliphatic heterocycles. The predicted octanol–water partition coefficient (Wildman–Crippen LogP) is 4.61. The van der Waals surface area contributed by atoms with Crippen molar-refractivity contribution in [1.29, 1.82) is 0 Å². The van der Waals surface area contributed by atoms with Gasteiger partial charge in [0.05, 0.1) is 11.8 Å². The molecular weight excluding hydrogens is 550 g/mol. The van der Waals surface area contributed by atoms with Gasteiger partial charge in [0.25, 0.3) is 0 Å². The van der Waals surface area contributed by atoms with Crippen molar-refractivity contribution >= 4 is 40.8 Å². The summed E-state index contributed by atoms with van der Waals surface area (Å²) in [6.07, 6.45) is 4.01. The molecule has 11 heteroatoms. The molecule has 0 saturated carbocycles. The molecule has 43 heavy (non-hydrogen) atoms. The number of imide groups is 1. The maximum atomic E-state index is 13.7. The number of hydrogen-bond donors (Lipinski definition) is 1. The molecule has 1 aliphatic carbocycles. The number of nitrogens with zero attached hydrogens (tertiary/aromatic N) is 4. The third-order valence-corrected chi connectivity index (χ3v) is 9.53. The second kappa shape index (κ2) is 10.7. The quantitative estimate of drug-likeness (QED) is 0.472. The Labute approximate surface area is 250 Å². The van der Waals surface area contributed by atoms with Crippen LogP contribution in [0.1, 0.15) is 46.1 Å². The number of aliphatic imine (C=N–C) groups is 1. The number of ether oxygens (including phenoxy) is 2. The number of carbonyl (C=O) groups excluding carboxylic acids is 4. The molecule has 1 aromatic carbocycles. The zero-order chi connectivity index (χ0) is 30.6. The van der Waals surface area contributed by atoms with E-state index in [1.807, 2.05) is 57.3 Å². The number of allylic oxidation sites excluding steroid dienone is 2. The molecule has 4 aliphatic rings. The number of likely N-dealkylation sites (tertiary alicyclic amines) is 1. The van der Waals surface area contributed by atoms with Crippen LogP contribution in [0.5, 0.6) is 0 Å². The molecule has 4 heterocycles. The summed E-state index contributed by atoms with van der Waals surface area (Å²) in [4.78, 5) is 65.9. The van der Waals surface area contributed by atoms with Gasteiger partial charge in [-0.1, -0.05) is 31.2 Å². The van der Waals surface area contributed by atoms with Gasteiger partial charge in [0.1, 0.15) is 5.54 Å². The molecule has 3 unspecified atom stereocenters. The van der Waals surface area contributed by atoms with Gasteiger partial charge < -0.3 is 19.4 Å². The van der Waals surface area contributed by atoms with Crippen LogP contribution in [-0.2, 0) is 25.5 Å². The zero-order valence-electron chi connectivity index (χ0n) is 25.2.